The fourth-order valence-electron chi connectivity index (χ4n) is 2.46. The summed E-state index contributed by atoms with van der Waals surface area (Å²) in [7, 11) is 0. The molecule has 1 aliphatic rings. The highest BCUT2D eigenvalue weighted by Crippen LogP contribution is 2.43. The highest BCUT2D eigenvalue weighted by Gasteiger charge is 2.26. The van der Waals surface area contributed by atoms with E-state index < -0.39 is 0 Å². The van der Waals surface area contributed by atoms with Crippen molar-refractivity contribution in [3.8, 4) is 11.1 Å². The van der Waals surface area contributed by atoms with Crippen LogP contribution in [0.2, 0.25) is 0 Å². The van der Waals surface area contributed by atoms with E-state index in [1.54, 1.807) is 0 Å². The van der Waals surface area contributed by atoms with Crippen LogP contribution in [-0.2, 0) is 0 Å². The molecular formula is C24H40O. The molecule has 0 saturated carbocycles. The Hall–Kier alpha value is -1.60. The zero-order valence-electron chi connectivity index (χ0n) is 17.8. The van der Waals surface area contributed by atoms with Gasteiger partial charge < -0.3 is 5.11 Å². The molecule has 2 aromatic carbocycles. The quantitative estimate of drug-likeness (QED) is 0.562. The van der Waals surface area contributed by atoms with E-state index in [2.05, 4.69) is 64.1 Å². The highest BCUT2D eigenvalue weighted by molar-refractivity contribution is 5.78. The van der Waals surface area contributed by atoms with Crippen LogP contribution >= 0.6 is 0 Å². The van der Waals surface area contributed by atoms with Crippen molar-refractivity contribution >= 4 is 0 Å². The fraction of sp³-hybridized carbons (Fsp3) is 0.500. The van der Waals surface area contributed by atoms with Crippen molar-refractivity contribution in [1.82, 2.24) is 0 Å². The smallest absolute Gasteiger partial charge is 0.0540 e. The summed E-state index contributed by atoms with van der Waals surface area (Å²) < 4.78 is 0. The molecular weight excluding hydrogens is 304 g/mol. The van der Waals surface area contributed by atoms with E-state index in [1.807, 2.05) is 39.8 Å². The lowest BCUT2D eigenvalue weighted by atomic mass is 9.98. The summed E-state index contributed by atoms with van der Waals surface area (Å²) in [6.45, 7) is 16.7. The molecule has 142 valence electrons. The van der Waals surface area contributed by atoms with Crippen molar-refractivity contribution in [1.29, 1.82) is 0 Å². The molecule has 0 unspecified atom stereocenters. The maximum Gasteiger partial charge on any atom is 0.0540 e. The van der Waals surface area contributed by atoms with Crippen LogP contribution in [0.3, 0.4) is 0 Å². The van der Waals surface area contributed by atoms with E-state index >= 15 is 0 Å². The summed E-state index contributed by atoms with van der Waals surface area (Å²) in [5.74, 6) is 0.164. The molecule has 0 heterocycles. The summed E-state index contributed by atoms with van der Waals surface area (Å²) in [6, 6.07) is 16.6. The van der Waals surface area contributed by atoms with Gasteiger partial charge in [-0.1, -0.05) is 117 Å². The van der Waals surface area contributed by atoms with Crippen LogP contribution in [0.25, 0.3) is 11.1 Å². The van der Waals surface area contributed by atoms with Gasteiger partial charge in [-0.15, -0.1) is 0 Å². The number of benzene rings is 2. The fourth-order valence-corrected chi connectivity index (χ4v) is 2.46. The van der Waals surface area contributed by atoms with E-state index in [4.69, 9.17) is 0 Å². The first-order valence-electron chi connectivity index (χ1n) is 10.0. The predicted octanol–water partition coefficient (Wildman–Crippen LogP) is 7.68. The third kappa shape index (κ3) is 7.88. The lowest BCUT2D eigenvalue weighted by Crippen LogP contribution is -2.01. The Morgan fingerprint density at radius 1 is 0.640 bits per heavy atom. The van der Waals surface area contributed by atoms with Crippen LogP contribution in [-0.4, -0.2) is 11.7 Å². The Bertz CT molecular complexity index is 484. The Morgan fingerprint density at radius 2 is 0.920 bits per heavy atom. The molecule has 0 radical (unpaired) electrons. The molecule has 1 aliphatic carbocycles. The van der Waals surface area contributed by atoms with Crippen LogP contribution in [0.4, 0.5) is 0 Å². The third-order valence-corrected chi connectivity index (χ3v) is 3.15. The number of aliphatic hydroxyl groups is 1. The highest BCUT2D eigenvalue weighted by atomic mass is 16.3. The number of fused-ring (bicyclic) bond motifs is 3. The second-order valence-electron chi connectivity index (χ2n) is 5.32. The van der Waals surface area contributed by atoms with Crippen LogP contribution in [0.5, 0.6) is 0 Å². The molecule has 1 N–H and O–H groups in total. The summed E-state index contributed by atoms with van der Waals surface area (Å²) >= 11 is 0. The van der Waals surface area contributed by atoms with Gasteiger partial charge in [0, 0.05) is 5.92 Å². The van der Waals surface area contributed by atoms with Crippen molar-refractivity contribution in [2.75, 3.05) is 6.61 Å². The number of hydrogen-bond acceptors (Lipinski definition) is 1. The molecule has 3 rings (SSSR count). The summed E-state index contributed by atoms with van der Waals surface area (Å²) in [4.78, 5) is 0. The summed E-state index contributed by atoms with van der Waals surface area (Å²) in [6.07, 6.45) is 2.50. The van der Waals surface area contributed by atoms with Gasteiger partial charge in [-0.2, -0.15) is 0 Å². The van der Waals surface area contributed by atoms with E-state index in [0.29, 0.717) is 0 Å². The molecule has 1 heteroatoms. The van der Waals surface area contributed by atoms with Gasteiger partial charge in [-0.3, -0.25) is 0 Å². The Kier molecular flexibility index (Phi) is 17.7. The van der Waals surface area contributed by atoms with Gasteiger partial charge in [0.15, 0.2) is 0 Å². The number of hydrogen-bond donors (Lipinski definition) is 1. The molecule has 0 bridgehead atoms. The first-order valence-corrected chi connectivity index (χ1v) is 10.0. The zero-order chi connectivity index (χ0) is 19.7. The molecule has 0 saturated heterocycles. The lowest BCUT2D eigenvalue weighted by Gasteiger charge is -2.08. The molecule has 0 atom stereocenters. The normalized spacial score (nSPS) is 10.1. The van der Waals surface area contributed by atoms with E-state index in [9.17, 15) is 5.11 Å². The van der Waals surface area contributed by atoms with Gasteiger partial charge in [0.1, 0.15) is 0 Å². The van der Waals surface area contributed by atoms with Crippen LogP contribution in [0, 0.1) is 0 Å². The van der Waals surface area contributed by atoms with Crippen LogP contribution in [0.1, 0.15) is 85.3 Å². The minimum atomic E-state index is 0.164. The minimum absolute atomic E-state index is 0.164. The zero-order valence-corrected chi connectivity index (χ0v) is 17.8. The molecule has 0 spiro atoms. The first-order chi connectivity index (χ1) is 12.2. The van der Waals surface area contributed by atoms with Gasteiger partial charge in [-0.05, 0) is 22.3 Å². The minimum Gasteiger partial charge on any atom is -0.395 e. The monoisotopic (exact) mass is 344 g/mol. The predicted molar refractivity (Wildman–Crippen MR) is 115 cm³/mol. The Morgan fingerprint density at radius 3 is 1.20 bits per heavy atom. The van der Waals surface area contributed by atoms with Crippen LogP contribution < -0.4 is 0 Å². The average Bonchev–Trinajstić information content (AvgIpc) is 3.00. The largest absolute Gasteiger partial charge is 0.395 e. The second-order valence-corrected chi connectivity index (χ2v) is 5.32. The van der Waals surface area contributed by atoms with Gasteiger partial charge >= 0.3 is 0 Å². The van der Waals surface area contributed by atoms with Gasteiger partial charge in [0.2, 0.25) is 0 Å². The molecule has 0 amide bonds. The molecule has 2 aromatic rings. The van der Waals surface area contributed by atoms with Crippen molar-refractivity contribution in [3.05, 3.63) is 59.7 Å². The van der Waals surface area contributed by atoms with E-state index in [1.165, 1.54) is 35.1 Å². The van der Waals surface area contributed by atoms with Gasteiger partial charge in [0.25, 0.3) is 0 Å². The summed E-state index contributed by atoms with van der Waals surface area (Å²) in [5, 5.41) is 9.46. The first kappa shape index (κ1) is 25.6. The number of rotatable bonds is 1. The Labute approximate surface area is 157 Å². The number of aliphatic hydroxyl groups excluding tert-OH is 1. The van der Waals surface area contributed by atoms with Gasteiger partial charge in [0.05, 0.1) is 6.61 Å². The van der Waals surface area contributed by atoms with E-state index in [0.717, 1.165) is 0 Å². The molecule has 1 nitrogen and oxygen atoms in total. The van der Waals surface area contributed by atoms with Crippen molar-refractivity contribution in [2.45, 2.75) is 74.1 Å². The Balaban J connectivity index is 0. The average molecular weight is 345 g/mol. The SMILES string of the molecule is CC.CC.CCC.CCC.OCC1c2ccccc2-c2ccccc21. The second kappa shape index (κ2) is 17.2. The van der Waals surface area contributed by atoms with Crippen LogP contribution in [0.15, 0.2) is 48.5 Å². The third-order valence-electron chi connectivity index (χ3n) is 3.15. The van der Waals surface area contributed by atoms with Crippen molar-refractivity contribution in [3.63, 3.8) is 0 Å². The summed E-state index contributed by atoms with van der Waals surface area (Å²) in [5.41, 5.74) is 5.04. The topological polar surface area (TPSA) is 20.2 Å². The molecule has 0 aromatic heterocycles. The molecule has 25 heavy (non-hydrogen) atoms. The lowest BCUT2D eigenvalue weighted by molar-refractivity contribution is 0.282. The maximum absolute atomic E-state index is 9.46. The van der Waals surface area contributed by atoms with E-state index in [-0.39, 0.29) is 12.5 Å². The maximum atomic E-state index is 9.46. The van der Waals surface area contributed by atoms with Crippen molar-refractivity contribution < 1.29 is 5.11 Å². The standard InChI is InChI=1S/C14H12O.2C3H8.2C2H6/c15-9-14-12-7-3-1-5-10(12)11-6-2-4-8-13(11)14;2*1-3-2;2*1-2/h1-8,14-15H,9H2;2*3H2,1-2H3;2*1-2H3. The molecule has 0 aliphatic heterocycles. The van der Waals surface area contributed by atoms with Gasteiger partial charge in [-0.25, -0.2) is 0 Å². The molecule has 0 fully saturated rings. The van der Waals surface area contributed by atoms with Crippen molar-refractivity contribution in [2.24, 2.45) is 0 Å².